The fourth-order valence-electron chi connectivity index (χ4n) is 1.58. The maximum Gasteiger partial charge on any atom is 0.145 e. The number of thioether (sulfide) groups is 1. The first-order valence-electron chi connectivity index (χ1n) is 6.01. The van der Waals surface area contributed by atoms with Crippen molar-refractivity contribution in [2.24, 2.45) is 11.8 Å². The maximum absolute atomic E-state index is 13.7. The molecule has 0 aliphatic heterocycles. The maximum atomic E-state index is 13.7. The highest BCUT2D eigenvalue weighted by atomic mass is 35.5. The minimum absolute atomic E-state index is 0.0571. The molecule has 1 rings (SSSR count). The lowest BCUT2D eigenvalue weighted by Crippen LogP contribution is -2.39. The van der Waals surface area contributed by atoms with Gasteiger partial charge in [0.15, 0.2) is 0 Å². The van der Waals surface area contributed by atoms with Crippen molar-refractivity contribution in [3.63, 3.8) is 0 Å². The molecule has 1 aromatic carbocycles. The Morgan fingerprint density at radius 2 is 2.11 bits per heavy atom. The summed E-state index contributed by atoms with van der Waals surface area (Å²) in [6.07, 6.45) is 0.550. The molecule has 5 heteroatoms. The zero-order valence-electron chi connectivity index (χ0n) is 10.7. The van der Waals surface area contributed by atoms with Crippen molar-refractivity contribution in [2.75, 3.05) is 11.5 Å². The molecule has 0 aromatic heterocycles. The lowest BCUT2D eigenvalue weighted by atomic mass is 10.1. The number of halogens is 2. The zero-order chi connectivity index (χ0) is 13.5. The van der Waals surface area contributed by atoms with E-state index in [1.165, 1.54) is 0 Å². The Labute approximate surface area is 117 Å². The van der Waals surface area contributed by atoms with E-state index < -0.39 is 0 Å². The molecule has 2 nitrogen and oxygen atoms in total. The lowest BCUT2D eigenvalue weighted by molar-refractivity contribution is 0.546. The number of rotatable bonds is 7. The highest BCUT2D eigenvalue weighted by Crippen LogP contribution is 2.20. The number of hydrazine groups is 1. The summed E-state index contributed by atoms with van der Waals surface area (Å²) in [5.74, 6) is 7.76. The van der Waals surface area contributed by atoms with Crippen LogP contribution in [0.1, 0.15) is 19.4 Å². The summed E-state index contributed by atoms with van der Waals surface area (Å²) in [5.41, 5.74) is 3.35. The second kappa shape index (κ2) is 8.00. The van der Waals surface area contributed by atoms with Crippen molar-refractivity contribution in [2.45, 2.75) is 26.3 Å². The highest BCUT2D eigenvalue weighted by molar-refractivity contribution is 7.99. The van der Waals surface area contributed by atoms with E-state index in [9.17, 15) is 4.39 Å². The molecule has 0 heterocycles. The number of nitrogens with two attached hydrogens (primary N) is 1. The molecule has 0 saturated carbocycles. The molecule has 1 aromatic rings. The number of nitrogens with one attached hydrogen (secondary N) is 1. The zero-order valence-corrected chi connectivity index (χ0v) is 12.3. The van der Waals surface area contributed by atoms with E-state index in [0.29, 0.717) is 17.9 Å². The second-order valence-electron chi connectivity index (χ2n) is 4.71. The van der Waals surface area contributed by atoms with Crippen LogP contribution in [-0.4, -0.2) is 17.5 Å². The topological polar surface area (TPSA) is 38.0 Å². The van der Waals surface area contributed by atoms with Gasteiger partial charge in [0, 0.05) is 11.8 Å². The van der Waals surface area contributed by atoms with E-state index in [4.69, 9.17) is 17.4 Å². The number of benzene rings is 1. The van der Waals surface area contributed by atoms with Crippen molar-refractivity contribution in [3.05, 3.63) is 34.6 Å². The van der Waals surface area contributed by atoms with Crippen LogP contribution in [0.5, 0.6) is 0 Å². The molecule has 1 atom stereocenters. The quantitative estimate of drug-likeness (QED) is 0.598. The van der Waals surface area contributed by atoms with Crippen molar-refractivity contribution in [1.82, 2.24) is 5.43 Å². The molecule has 0 fully saturated rings. The van der Waals surface area contributed by atoms with Crippen molar-refractivity contribution in [3.8, 4) is 0 Å². The largest absolute Gasteiger partial charge is 0.271 e. The Kier molecular flexibility index (Phi) is 7.00. The van der Waals surface area contributed by atoms with E-state index in [1.807, 2.05) is 11.8 Å². The van der Waals surface area contributed by atoms with E-state index >= 15 is 0 Å². The third-order valence-electron chi connectivity index (χ3n) is 2.50. The van der Waals surface area contributed by atoms with Gasteiger partial charge in [0.2, 0.25) is 0 Å². The van der Waals surface area contributed by atoms with Gasteiger partial charge in [-0.2, -0.15) is 11.8 Å². The lowest BCUT2D eigenvalue weighted by Gasteiger charge is -2.17. The van der Waals surface area contributed by atoms with Gasteiger partial charge in [-0.15, -0.1) is 0 Å². The van der Waals surface area contributed by atoms with Crippen LogP contribution in [0.2, 0.25) is 5.02 Å². The van der Waals surface area contributed by atoms with Gasteiger partial charge in [0.05, 0.1) is 5.02 Å². The molecule has 0 aliphatic carbocycles. The van der Waals surface area contributed by atoms with Gasteiger partial charge in [0.25, 0.3) is 0 Å². The first-order chi connectivity index (χ1) is 8.54. The Balaban J connectivity index is 2.54. The van der Waals surface area contributed by atoms with E-state index in [1.54, 1.807) is 18.2 Å². The van der Waals surface area contributed by atoms with E-state index in [0.717, 1.165) is 11.5 Å². The summed E-state index contributed by atoms with van der Waals surface area (Å²) in [6.45, 7) is 4.35. The van der Waals surface area contributed by atoms with Crippen LogP contribution in [0.25, 0.3) is 0 Å². The van der Waals surface area contributed by atoms with Gasteiger partial charge < -0.3 is 0 Å². The van der Waals surface area contributed by atoms with Crippen molar-refractivity contribution < 1.29 is 4.39 Å². The average molecular weight is 291 g/mol. The van der Waals surface area contributed by atoms with Crippen LogP contribution in [0, 0.1) is 11.7 Å². The fraction of sp³-hybridized carbons (Fsp3) is 0.538. The average Bonchev–Trinajstić information content (AvgIpc) is 2.33. The molecule has 0 saturated heterocycles. The van der Waals surface area contributed by atoms with E-state index in [2.05, 4.69) is 19.3 Å². The molecule has 1 unspecified atom stereocenters. The van der Waals surface area contributed by atoms with Crippen LogP contribution >= 0.6 is 23.4 Å². The molecule has 3 N–H and O–H groups in total. The molecule has 0 aliphatic rings. The molecule has 0 spiro atoms. The Hall–Kier alpha value is -0.290. The van der Waals surface area contributed by atoms with Crippen LogP contribution in [0.4, 0.5) is 4.39 Å². The van der Waals surface area contributed by atoms with Gasteiger partial charge in [0.1, 0.15) is 5.82 Å². The predicted molar refractivity (Wildman–Crippen MR) is 78.4 cm³/mol. The Bertz CT molecular complexity index is 374. The fourth-order valence-corrected chi connectivity index (χ4v) is 2.88. The van der Waals surface area contributed by atoms with Crippen LogP contribution in [0.15, 0.2) is 18.2 Å². The van der Waals surface area contributed by atoms with Gasteiger partial charge in [-0.25, -0.2) is 4.39 Å². The molecule has 18 heavy (non-hydrogen) atoms. The molecule has 102 valence electrons. The molecule has 0 bridgehead atoms. The third kappa shape index (κ3) is 5.14. The Morgan fingerprint density at radius 1 is 1.39 bits per heavy atom. The first kappa shape index (κ1) is 15.8. The van der Waals surface area contributed by atoms with Crippen molar-refractivity contribution in [1.29, 1.82) is 0 Å². The summed E-state index contributed by atoms with van der Waals surface area (Å²) in [6, 6.07) is 5.12. The summed E-state index contributed by atoms with van der Waals surface area (Å²) in [7, 11) is 0. The second-order valence-corrected chi connectivity index (χ2v) is 6.19. The summed E-state index contributed by atoms with van der Waals surface area (Å²) < 4.78 is 13.7. The number of hydrogen-bond acceptors (Lipinski definition) is 3. The SMILES string of the molecule is CC(C)CSCC(Cc1cccc(Cl)c1F)NN. The highest BCUT2D eigenvalue weighted by Gasteiger charge is 2.13. The van der Waals surface area contributed by atoms with Gasteiger partial charge in [-0.05, 0) is 29.7 Å². The normalized spacial score (nSPS) is 13.0. The smallest absolute Gasteiger partial charge is 0.145 e. The predicted octanol–water partition coefficient (Wildman–Crippen LogP) is 3.24. The van der Waals surface area contributed by atoms with Gasteiger partial charge in [-0.1, -0.05) is 37.6 Å². The third-order valence-corrected chi connectivity index (χ3v) is 4.34. The van der Waals surface area contributed by atoms with Crippen molar-refractivity contribution >= 4 is 23.4 Å². The first-order valence-corrected chi connectivity index (χ1v) is 7.54. The van der Waals surface area contributed by atoms with Gasteiger partial charge in [-0.3, -0.25) is 11.3 Å². The molecule has 0 amide bonds. The van der Waals surface area contributed by atoms with E-state index in [-0.39, 0.29) is 16.9 Å². The van der Waals surface area contributed by atoms with Crippen LogP contribution in [0.3, 0.4) is 0 Å². The number of hydrogen-bond donors (Lipinski definition) is 2. The Morgan fingerprint density at radius 3 is 2.72 bits per heavy atom. The molecular formula is C13H20ClFN2S. The van der Waals surface area contributed by atoms with Crippen LogP contribution < -0.4 is 11.3 Å². The monoisotopic (exact) mass is 290 g/mol. The summed E-state index contributed by atoms with van der Waals surface area (Å²) >= 11 is 7.58. The standard InChI is InChI=1S/C13H20ClFN2S/c1-9(2)7-18-8-11(17-16)6-10-4-3-5-12(14)13(10)15/h3-5,9,11,17H,6-8,16H2,1-2H3. The molecule has 0 radical (unpaired) electrons. The summed E-state index contributed by atoms with van der Waals surface area (Å²) in [5, 5.41) is 0.165. The van der Waals surface area contributed by atoms with Gasteiger partial charge >= 0.3 is 0 Å². The minimum Gasteiger partial charge on any atom is -0.271 e. The molecular weight excluding hydrogens is 271 g/mol. The minimum atomic E-state index is -0.340. The summed E-state index contributed by atoms with van der Waals surface area (Å²) in [4.78, 5) is 0. The van der Waals surface area contributed by atoms with Crippen LogP contribution in [-0.2, 0) is 6.42 Å².